The number of hydrazone groups is 1. The van der Waals surface area contributed by atoms with Crippen molar-refractivity contribution >= 4 is 22.5 Å². The van der Waals surface area contributed by atoms with E-state index in [-0.39, 0.29) is 30.7 Å². The molecule has 0 atom stereocenters. The summed E-state index contributed by atoms with van der Waals surface area (Å²) >= 11 is 0. The molecule has 2 heterocycles. The number of halogens is 6. The smallest absolute Gasteiger partial charge is 0.370 e. The molecule has 224 valence electrons. The topological polar surface area (TPSA) is 59.0 Å². The molecule has 3 aromatic rings. The highest BCUT2D eigenvalue weighted by Crippen LogP contribution is 2.40. The number of guanidine groups is 1. The number of hydrazine groups is 2. The molecule has 7 nitrogen and oxygen atoms in total. The van der Waals surface area contributed by atoms with E-state index in [0.29, 0.717) is 11.8 Å². The summed E-state index contributed by atoms with van der Waals surface area (Å²) in [7, 11) is 1.65. The average Bonchev–Trinajstić information content (AvgIpc) is 3.87. The third-order valence-electron chi connectivity index (χ3n) is 7.75. The molecule has 2 aromatic carbocycles. The summed E-state index contributed by atoms with van der Waals surface area (Å²) in [5.74, 6) is 1.46. The SMILES string of the molecule is CN1NN=C(N(Cc2cc(C(F)(F)F)cc(C(F)(F)F)c2)Cc2cnc3ccccc3c2N(CC2CC2)CC2CC2)N1. The number of aromatic nitrogens is 1. The van der Waals surface area contributed by atoms with Gasteiger partial charge in [0, 0.05) is 50.4 Å². The van der Waals surface area contributed by atoms with Crippen LogP contribution in [0.5, 0.6) is 0 Å². The second-order valence-electron chi connectivity index (χ2n) is 11.4. The Bertz CT molecular complexity index is 1430. The van der Waals surface area contributed by atoms with Crippen molar-refractivity contribution < 1.29 is 26.3 Å². The number of para-hydroxylation sites is 1. The molecule has 0 unspecified atom stereocenters. The number of fused-ring (bicyclic) bond motifs is 1. The number of nitrogens with one attached hydrogen (secondary N) is 2. The molecule has 0 saturated heterocycles. The molecule has 0 bridgehead atoms. The summed E-state index contributed by atoms with van der Waals surface area (Å²) in [6, 6.07) is 9.50. The number of pyridine rings is 1. The van der Waals surface area contributed by atoms with Gasteiger partial charge in [0.15, 0.2) is 0 Å². The van der Waals surface area contributed by atoms with E-state index in [1.165, 1.54) is 30.8 Å². The lowest BCUT2D eigenvalue weighted by molar-refractivity contribution is -0.143. The fourth-order valence-electron chi connectivity index (χ4n) is 5.34. The monoisotopic (exact) mass is 591 g/mol. The van der Waals surface area contributed by atoms with Crippen molar-refractivity contribution in [2.24, 2.45) is 16.9 Å². The van der Waals surface area contributed by atoms with Crippen molar-refractivity contribution in [2.45, 2.75) is 51.1 Å². The molecule has 6 rings (SSSR count). The van der Waals surface area contributed by atoms with Crippen LogP contribution in [0, 0.1) is 11.8 Å². The van der Waals surface area contributed by atoms with Gasteiger partial charge in [-0.1, -0.05) is 18.2 Å². The van der Waals surface area contributed by atoms with Crippen molar-refractivity contribution in [3.05, 3.63) is 70.9 Å². The molecular formula is C29H31F6N7. The van der Waals surface area contributed by atoms with E-state index >= 15 is 0 Å². The summed E-state index contributed by atoms with van der Waals surface area (Å²) in [5.41, 5.74) is 5.49. The van der Waals surface area contributed by atoms with Gasteiger partial charge >= 0.3 is 12.4 Å². The zero-order valence-electron chi connectivity index (χ0n) is 22.9. The van der Waals surface area contributed by atoms with E-state index in [2.05, 4.69) is 25.9 Å². The number of hydrogen-bond donors (Lipinski definition) is 2. The van der Waals surface area contributed by atoms with Gasteiger partial charge in [0.1, 0.15) is 0 Å². The fourth-order valence-corrected chi connectivity index (χ4v) is 5.34. The number of alkyl halides is 6. The van der Waals surface area contributed by atoms with Gasteiger partial charge in [0.05, 0.1) is 22.3 Å². The van der Waals surface area contributed by atoms with Gasteiger partial charge in [-0.05, 0) is 67.3 Å². The molecule has 42 heavy (non-hydrogen) atoms. The molecule has 2 N–H and O–H groups in total. The lowest BCUT2D eigenvalue weighted by Crippen LogP contribution is -2.44. The molecule has 13 heteroatoms. The van der Waals surface area contributed by atoms with Crippen molar-refractivity contribution in [1.29, 1.82) is 0 Å². The van der Waals surface area contributed by atoms with Crippen molar-refractivity contribution in [3.63, 3.8) is 0 Å². The molecule has 2 aliphatic carbocycles. The van der Waals surface area contributed by atoms with E-state index in [9.17, 15) is 26.3 Å². The average molecular weight is 592 g/mol. The minimum atomic E-state index is -4.94. The Morgan fingerprint density at radius 2 is 1.48 bits per heavy atom. The zero-order valence-corrected chi connectivity index (χ0v) is 22.9. The van der Waals surface area contributed by atoms with E-state index in [1.54, 1.807) is 18.1 Å². The van der Waals surface area contributed by atoms with E-state index < -0.39 is 23.5 Å². The number of anilines is 1. The van der Waals surface area contributed by atoms with E-state index in [1.807, 2.05) is 24.3 Å². The Kier molecular flexibility index (Phi) is 7.32. The van der Waals surface area contributed by atoms with Gasteiger partial charge in [-0.3, -0.25) is 10.4 Å². The molecule has 3 aliphatic rings. The van der Waals surface area contributed by atoms with E-state index in [0.717, 1.165) is 47.4 Å². The zero-order chi connectivity index (χ0) is 29.6. The summed E-state index contributed by atoms with van der Waals surface area (Å²) in [6.45, 7) is 1.68. The second-order valence-corrected chi connectivity index (χ2v) is 11.4. The molecule has 0 amide bonds. The Morgan fingerprint density at radius 1 is 0.857 bits per heavy atom. The van der Waals surface area contributed by atoms with Crippen molar-refractivity contribution in [1.82, 2.24) is 26.0 Å². The Labute approximate surface area is 239 Å². The maximum atomic E-state index is 13.6. The number of benzene rings is 2. The number of hydrogen-bond acceptors (Lipinski definition) is 7. The predicted octanol–water partition coefficient (Wildman–Crippen LogP) is 6.13. The summed E-state index contributed by atoms with van der Waals surface area (Å²) < 4.78 is 81.8. The maximum absolute atomic E-state index is 13.6. The number of rotatable bonds is 9. The van der Waals surface area contributed by atoms with Crippen LogP contribution in [-0.2, 0) is 25.4 Å². The van der Waals surface area contributed by atoms with Gasteiger partial charge < -0.3 is 9.80 Å². The molecule has 0 radical (unpaired) electrons. The maximum Gasteiger partial charge on any atom is 0.416 e. The first kappa shape index (κ1) is 28.4. The Hall–Kier alpha value is -3.74. The highest BCUT2D eigenvalue weighted by molar-refractivity contribution is 5.93. The Morgan fingerprint density at radius 3 is 2.02 bits per heavy atom. The molecule has 2 saturated carbocycles. The van der Waals surface area contributed by atoms with E-state index in [4.69, 9.17) is 0 Å². The van der Waals surface area contributed by atoms with Gasteiger partial charge in [-0.25, -0.2) is 5.53 Å². The lowest BCUT2D eigenvalue weighted by Gasteiger charge is -2.31. The Balaban J connectivity index is 1.41. The quantitative estimate of drug-likeness (QED) is 0.292. The van der Waals surface area contributed by atoms with Crippen LogP contribution in [0.15, 0.2) is 53.8 Å². The van der Waals surface area contributed by atoms with Gasteiger partial charge in [0.2, 0.25) is 5.96 Å². The minimum absolute atomic E-state index is 0.140. The van der Waals surface area contributed by atoms with Gasteiger partial charge in [-0.2, -0.15) is 26.3 Å². The fraction of sp³-hybridized carbons (Fsp3) is 0.448. The van der Waals surface area contributed by atoms with Crippen LogP contribution < -0.4 is 15.9 Å². The summed E-state index contributed by atoms with van der Waals surface area (Å²) in [5, 5.41) is 6.64. The largest absolute Gasteiger partial charge is 0.416 e. The first-order valence-corrected chi connectivity index (χ1v) is 13.9. The highest BCUT2D eigenvalue weighted by atomic mass is 19.4. The standard InChI is InChI=1S/C29H31F6N7/c1-40-38-27(37-39-40)42(16-20-10-22(28(30,31)32)12-23(11-20)29(33,34)35)17-21-13-36-25-5-3-2-4-24(25)26(21)41(14-18-6-7-18)15-19-8-9-19/h2-5,10-13,18-19,39H,6-9,14-17H2,1H3,(H,37,38). The van der Waals surface area contributed by atoms with Crippen LogP contribution in [0.2, 0.25) is 0 Å². The van der Waals surface area contributed by atoms with Crippen LogP contribution in [0.4, 0.5) is 32.0 Å². The first-order chi connectivity index (χ1) is 19.9. The second kappa shape index (κ2) is 10.8. The summed E-state index contributed by atoms with van der Waals surface area (Å²) in [6.07, 6.45) is -3.44. The molecule has 1 aromatic heterocycles. The molecule has 0 spiro atoms. The van der Waals surface area contributed by atoms with Crippen LogP contribution in [-0.4, -0.2) is 41.1 Å². The van der Waals surface area contributed by atoms with Crippen molar-refractivity contribution in [3.8, 4) is 0 Å². The van der Waals surface area contributed by atoms with Crippen LogP contribution >= 0.6 is 0 Å². The predicted molar refractivity (Wildman–Crippen MR) is 147 cm³/mol. The van der Waals surface area contributed by atoms with Crippen molar-refractivity contribution in [2.75, 3.05) is 25.0 Å². The normalized spacial score (nSPS) is 17.6. The first-order valence-electron chi connectivity index (χ1n) is 13.9. The number of nitrogens with zero attached hydrogens (tertiary/aromatic N) is 5. The third kappa shape index (κ3) is 6.50. The minimum Gasteiger partial charge on any atom is -0.370 e. The summed E-state index contributed by atoms with van der Waals surface area (Å²) in [4.78, 5) is 8.71. The van der Waals surface area contributed by atoms with Crippen LogP contribution in [0.1, 0.15) is 47.9 Å². The molecular weight excluding hydrogens is 560 g/mol. The van der Waals surface area contributed by atoms with Gasteiger partial charge in [-0.15, -0.1) is 10.2 Å². The van der Waals surface area contributed by atoms with Gasteiger partial charge in [0.25, 0.3) is 0 Å². The molecule has 1 aliphatic heterocycles. The van der Waals surface area contributed by atoms with Crippen LogP contribution in [0.3, 0.4) is 0 Å². The highest BCUT2D eigenvalue weighted by Gasteiger charge is 2.37. The lowest BCUT2D eigenvalue weighted by atomic mass is 10.0. The molecule has 2 fully saturated rings. The third-order valence-corrected chi connectivity index (χ3v) is 7.75. The van der Waals surface area contributed by atoms with Crippen LogP contribution in [0.25, 0.3) is 10.9 Å².